The third-order valence-corrected chi connectivity index (χ3v) is 3.56. The number of nitrogens with zero attached hydrogens (tertiary/aromatic N) is 2. The molecule has 1 aliphatic rings. The molecular weight excluding hydrogens is 222 g/mol. The van der Waals surface area contributed by atoms with Crippen LogP contribution in [0.1, 0.15) is 31.9 Å². The smallest absolute Gasteiger partial charge is 0.0404 e. The van der Waals surface area contributed by atoms with Gasteiger partial charge in [-0.2, -0.15) is 0 Å². The van der Waals surface area contributed by atoms with E-state index in [1.54, 1.807) is 0 Å². The first-order valence-corrected chi connectivity index (χ1v) is 7.20. The van der Waals surface area contributed by atoms with Gasteiger partial charge in [0.05, 0.1) is 0 Å². The molecule has 1 atom stereocenters. The Morgan fingerprint density at radius 1 is 1.33 bits per heavy atom. The Hall–Kier alpha value is -0.930. The van der Waals surface area contributed by atoms with Crippen LogP contribution in [0.4, 0.5) is 0 Å². The van der Waals surface area contributed by atoms with Crippen molar-refractivity contribution >= 4 is 0 Å². The molecule has 0 amide bonds. The van der Waals surface area contributed by atoms with Crippen LogP contribution in [0, 0.1) is 0 Å². The normalized spacial score (nSPS) is 18.1. The van der Waals surface area contributed by atoms with Gasteiger partial charge < -0.3 is 10.2 Å². The number of rotatable bonds is 7. The van der Waals surface area contributed by atoms with Gasteiger partial charge in [-0.05, 0) is 64.4 Å². The Kier molecular flexibility index (Phi) is 5.62. The summed E-state index contributed by atoms with van der Waals surface area (Å²) in [6.45, 7) is 7.16. The summed E-state index contributed by atoms with van der Waals surface area (Å²) < 4.78 is 0. The monoisotopic (exact) mass is 247 g/mol. The van der Waals surface area contributed by atoms with E-state index >= 15 is 0 Å². The molecule has 0 aromatic carbocycles. The van der Waals surface area contributed by atoms with E-state index in [0.717, 1.165) is 13.0 Å². The Labute approximate surface area is 111 Å². The summed E-state index contributed by atoms with van der Waals surface area (Å²) in [7, 11) is 0. The highest BCUT2D eigenvalue weighted by atomic mass is 15.2. The zero-order valence-corrected chi connectivity index (χ0v) is 11.4. The Morgan fingerprint density at radius 2 is 2.17 bits per heavy atom. The topological polar surface area (TPSA) is 28.2 Å². The van der Waals surface area contributed by atoms with E-state index in [-0.39, 0.29) is 0 Å². The van der Waals surface area contributed by atoms with Crippen LogP contribution in [0.3, 0.4) is 0 Å². The highest BCUT2D eigenvalue weighted by Crippen LogP contribution is 2.07. The first-order valence-electron chi connectivity index (χ1n) is 7.20. The molecule has 0 spiro atoms. The maximum absolute atomic E-state index is 4.34. The molecule has 0 bridgehead atoms. The molecule has 1 aliphatic heterocycles. The van der Waals surface area contributed by atoms with Gasteiger partial charge in [0.25, 0.3) is 0 Å². The summed E-state index contributed by atoms with van der Waals surface area (Å²) >= 11 is 0. The number of hydrogen-bond acceptors (Lipinski definition) is 3. The molecule has 1 fully saturated rings. The van der Waals surface area contributed by atoms with Gasteiger partial charge in [-0.3, -0.25) is 4.98 Å². The maximum atomic E-state index is 4.34. The van der Waals surface area contributed by atoms with Gasteiger partial charge in [0, 0.05) is 24.5 Å². The molecule has 0 aliphatic carbocycles. The molecule has 1 saturated heterocycles. The number of nitrogens with one attached hydrogen (secondary N) is 1. The van der Waals surface area contributed by atoms with E-state index in [9.17, 15) is 0 Å². The van der Waals surface area contributed by atoms with Crippen LogP contribution >= 0.6 is 0 Å². The average molecular weight is 247 g/mol. The summed E-state index contributed by atoms with van der Waals surface area (Å²) in [5.41, 5.74) is 1.20. The van der Waals surface area contributed by atoms with Crippen molar-refractivity contribution in [3.05, 3.63) is 30.1 Å². The van der Waals surface area contributed by atoms with Crippen molar-refractivity contribution < 1.29 is 0 Å². The van der Waals surface area contributed by atoms with Gasteiger partial charge in [0.15, 0.2) is 0 Å². The summed E-state index contributed by atoms with van der Waals surface area (Å²) in [5, 5.41) is 3.61. The molecule has 3 nitrogen and oxygen atoms in total. The molecular formula is C15H25N3. The van der Waals surface area contributed by atoms with Crippen molar-refractivity contribution in [1.82, 2.24) is 15.2 Å². The van der Waals surface area contributed by atoms with Gasteiger partial charge >= 0.3 is 0 Å². The molecule has 3 heteroatoms. The molecule has 2 rings (SSSR count). The van der Waals surface area contributed by atoms with Crippen LogP contribution in [0.2, 0.25) is 0 Å². The number of aromatic nitrogens is 1. The second kappa shape index (κ2) is 7.49. The molecule has 0 radical (unpaired) electrons. The van der Waals surface area contributed by atoms with Gasteiger partial charge in [0.1, 0.15) is 0 Å². The lowest BCUT2D eigenvalue weighted by Gasteiger charge is -2.21. The molecule has 1 unspecified atom stereocenters. The second-order valence-electron chi connectivity index (χ2n) is 5.29. The highest BCUT2D eigenvalue weighted by Gasteiger charge is 2.13. The van der Waals surface area contributed by atoms with E-state index in [1.165, 1.54) is 44.6 Å². The lowest BCUT2D eigenvalue weighted by molar-refractivity contribution is 0.298. The fraction of sp³-hybridized carbons (Fsp3) is 0.667. The summed E-state index contributed by atoms with van der Waals surface area (Å²) in [4.78, 5) is 6.91. The number of aryl methyl sites for hydroxylation is 1. The fourth-order valence-corrected chi connectivity index (χ4v) is 2.58. The van der Waals surface area contributed by atoms with E-state index in [4.69, 9.17) is 0 Å². The first-order chi connectivity index (χ1) is 8.84. The standard InChI is InChI=1S/C15H25N3/c1-14(13-18-11-4-5-12-18)16-10-6-8-15-7-2-3-9-17-15/h2-3,7,9,14,16H,4-6,8,10-13H2,1H3. The van der Waals surface area contributed by atoms with Gasteiger partial charge in [-0.1, -0.05) is 6.07 Å². The summed E-state index contributed by atoms with van der Waals surface area (Å²) in [6, 6.07) is 6.74. The largest absolute Gasteiger partial charge is 0.313 e. The van der Waals surface area contributed by atoms with Crippen LogP contribution in [0.25, 0.3) is 0 Å². The molecule has 0 saturated carbocycles. The van der Waals surface area contributed by atoms with Crippen molar-refractivity contribution in [2.45, 2.75) is 38.6 Å². The molecule has 18 heavy (non-hydrogen) atoms. The average Bonchev–Trinajstić information content (AvgIpc) is 2.89. The second-order valence-corrected chi connectivity index (χ2v) is 5.29. The Bertz CT molecular complexity index is 320. The number of likely N-dealkylation sites (tertiary alicyclic amines) is 1. The highest BCUT2D eigenvalue weighted by molar-refractivity contribution is 5.03. The van der Waals surface area contributed by atoms with Gasteiger partial charge in [-0.25, -0.2) is 0 Å². The van der Waals surface area contributed by atoms with Crippen molar-refractivity contribution in [2.75, 3.05) is 26.2 Å². The van der Waals surface area contributed by atoms with E-state index in [2.05, 4.69) is 34.3 Å². The van der Waals surface area contributed by atoms with Gasteiger partial charge in [0.2, 0.25) is 0 Å². The summed E-state index contributed by atoms with van der Waals surface area (Å²) in [6.07, 6.45) is 6.88. The lowest BCUT2D eigenvalue weighted by Crippen LogP contribution is -2.38. The summed E-state index contributed by atoms with van der Waals surface area (Å²) in [5.74, 6) is 0. The van der Waals surface area contributed by atoms with Crippen molar-refractivity contribution in [3.8, 4) is 0 Å². The predicted molar refractivity (Wildman–Crippen MR) is 75.7 cm³/mol. The van der Waals surface area contributed by atoms with Gasteiger partial charge in [-0.15, -0.1) is 0 Å². The maximum Gasteiger partial charge on any atom is 0.0404 e. The Balaban J connectivity index is 1.54. The van der Waals surface area contributed by atoms with E-state index in [0.29, 0.717) is 6.04 Å². The van der Waals surface area contributed by atoms with E-state index < -0.39 is 0 Å². The van der Waals surface area contributed by atoms with Crippen molar-refractivity contribution in [1.29, 1.82) is 0 Å². The minimum Gasteiger partial charge on any atom is -0.313 e. The molecule has 1 N–H and O–H groups in total. The lowest BCUT2D eigenvalue weighted by atomic mass is 10.2. The van der Waals surface area contributed by atoms with E-state index in [1.807, 2.05) is 12.3 Å². The Morgan fingerprint density at radius 3 is 2.89 bits per heavy atom. The van der Waals surface area contributed by atoms with Crippen LogP contribution in [0.5, 0.6) is 0 Å². The molecule has 100 valence electrons. The van der Waals surface area contributed by atoms with Crippen molar-refractivity contribution in [3.63, 3.8) is 0 Å². The molecule has 2 heterocycles. The zero-order chi connectivity index (χ0) is 12.6. The van der Waals surface area contributed by atoms with Crippen LogP contribution in [-0.4, -0.2) is 42.1 Å². The fourth-order valence-electron chi connectivity index (χ4n) is 2.58. The van der Waals surface area contributed by atoms with Crippen LogP contribution in [-0.2, 0) is 6.42 Å². The van der Waals surface area contributed by atoms with Crippen molar-refractivity contribution in [2.24, 2.45) is 0 Å². The zero-order valence-electron chi connectivity index (χ0n) is 11.4. The molecule has 1 aromatic rings. The minimum atomic E-state index is 0.604. The third kappa shape index (κ3) is 4.75. The van der Waals surface area contributed by atoms with Crippen LogP contribution in [0.15, 0.2) is 24.4 Å². The minimum absolute atomic E-state index is 0.604. The quantitative estimate of drug-likeness (QED) is 0.748. The van der Waals surface area contributed by atoms with Crippen LogP contribution < -0.4 is 5.32 Å². The SMILES string of the molecule is CC(CN1CCCC1)NCCCc1ccccn1. The molecule has 1 aromatic heterocycles. The predicted octanol–water partition coefficient (Wildman–Crippen LogP) is 2.09. The first kappa shape index (κ1) is 13.5. The third-order valence-electron chi connectivity index (χ3n) is 3.56. The number of pyridine rings is 1. The number of hydrogen-bond donors (Lipinski definition) is 1.